The number of carbonyl (C=O) groups is 1. The molecule has 0 spiro atoms. The lowest BCUT2D eigenvalue weighted by molar-refractivity contribution is -0.122. The Morgan fingerprint density at radius 1 is 1.50 bits per heavy atom. The number of hydrogen-bond donors (Lipinski definition) is 2. The highest BCUT2D eigenvalue weighted by Gasteiger charge is 2.21. The number of carbonyl (C=O) groups excluding carboxylic acids is 1. The van der Waals surface area contributed by atoms with Crippen molar-refractivity contribution in [2.24, 2.45) is 0 Å². The first-order valence-electron chi connectivity index (χ1n) is 7.18. The van der Waals surface area contributed by atoms with Crippen LogP contribution in [-0.4, -0.2) is 34.6 Å². The Bertz CT molecular complexity index is 613. The first kappa shape index (κ1) is 13.1. The fourth-order valence-corrected chi connectivity index (χ4v) is 2.80. The number of imidazole rings is 1. The number of hydrogen-bond acceptors (Lipinski definition) is 3. The van der Waals surface area contributed by atoms with Crippen LogP contribution in [0.1, 0.15) is 18.7 Å². The van der Waals surface area contributed by atoms with E-state index in [0.29, 0.717) is 6.54 Å². The minimum atomic E-state index is -0.00405. The maximum atomic E-state index is 11.9. The van der Waals surface area contributed by atoms with E-state index in [2.05, 4.69) is 26.3 Å². The van der Waals surface area contributed by atoms with Crippen LogP contribution >= 0.6 is 0 Å². The van der Waals surface area contributed by atoms with Crippen LogP contribution < -0.4 is 10.6 Å². The van der Waals surface area contributed by atoms with E-state index in [1.54, 1.807) is 0 Å². The first-order chi connectivity index (χ1) is 9.75. The van der Waals surface area contributed by atoms with Gasteiger partial charge in [-0.3, -0.25) is 4.79 Å². The van der Waals surface area contributed by atoms with Crippen LogP contribution in [0.5, 0.6) is 0 Å². The van der Waals surface area contributed by atoms with Gasteiger partial charge in [0, 0.05) is 13.1 Å². The van der Waals surface area contributed by atoms with Gasteiger partial charge in [-0.15, -0.1) is 0 Å². The first-order valence-corrected chi connectivity index (χ1v) is 7.18. The largest absolute Gasteiger partial charge is 0.353 e. The number of nitrogens with zero attached hydrogens (tertiary/aromatic N) is 2. The molecule has 2 aromatic rings. The molecule has 0 unspecified atom stereocenters. The summed E-state index contributed by atoms with van der Waals surface area (Å²) in [6.45, 7) is 4.34. The van der Waals surface area contributed by atoms with Crippen molar-refractivity contribution >= 4 is 16.9 Å². The van der Waals surface area contributed by atoms with Gasteiger partial charge < -0.3 is 15.2 Å². The smallest absolute Gasteiger partial charge is 0.237 e. The molecule has 1 amide bonds. The zero-order valence-corrected chi connectivity index (χ0v) is 11.7. The zero-order chi connectivity index (χ0) is 13.9. The van der Waals surface area contributed by atoms with E-state index >= 15 is 0 Å². The van der Waals surface area contributed by atoms with Crippen molar-refractivity contribution in [3.63, 3.8) is 0 Å². The SMILES string of the molecule is Cc1nc2ccccc2n1CCNC(=O)[C@@H]1CCCN1. The van der Waals surface area contributed by atoms with Gasteiger partial charge in [-0.25, -0.2) is 4.98 Å². The minimum Gasteiger partial charge on any atom is -0.353 e. The summed E-state index contributed by atoms with van der Waals surface area (Å²) in [7, 11) is 0. The van der Waals surface area contributed by atoms with Crippen molar-refractivity contribution in [2.75, 3.05) is 13.1 Å². The number of amides is 1. The maximum Gasteiger partial charge on any atom is 0.237 e. The molecular weight excluding hydrogens is 252 g/mol. The topological polar surface area (TPSA) is 59.0 Å². The van der Waals surface area contributed by atoms with Crippen molar-refractivity contribution in [2.45, 2.75) is 32.4 Å². The molecule has 1 atom stereocenters. The third kappa shape index (κ3) is 2.54. The summed E-state index contributed by atoms with van der Waals surface area (Å²) in [6, 6.07) is 8.08. The van der Waals surface area contributed by atoms with Crippen LogP contribution in [0.2, 0.25) is 0 Å². The van der Waals surface area contributed by atoms with Crippen LogP contribution in [-0.2, 0) is 11.3 Å². The Morgan fingerprint density at radius 3 is 3.15 bits per heavy atom. The molecule has 0 radical (unpaired) electrons. The lowest BCUT2D eigenvalue weighted by Crippen LogP contribution is -2.41. The van der Waals surface area contributed by atoms with E-state index < -0.39 is 0 Å². The van der Waals surface area contributed by atoms with Crippen molar-refractivity contribution in [1.29, 1.82) is 0 Å². The van der Waals surface area contributed by atoms with E-state index in [1.165, 1.54) is 0 Å². The van der Waals surface area contributed by atoms with Crippen LogP contribution in [0.4, 0.5) is 0 Å². The molecule has 0 saturated carbocycles. The normalized spacial score (nSPS) is 18.6. The highest BCUT2D eigenvalue weighted by molar-refractivity contribution is 5.82. The number of aryl methyl sites for hydroxylation is 1. The van der Waals surface area contributed by atoms with Gasteiger partial charge in [-0.1, -0.05) is 12.1 Å². The number of para-hydroxylation sites is 2. The molecule has 5 heteroatoms. The van der Waals surface area contributed by atoms with Crippen LogP contribution in [0.3, 0.4) is 0 Å². The highest BCUT2D eigenvalue weighted by atomic mass is 16.2. The molecule has 0 aliphatic carbocycles. The molecular formula is C15H20N4O. The molecule has 1 aromatic heterocycles. The van der Waals surface area contributed by atoms with Gasteiger partial charge in [0.15, 0.2) is 0 Å². The molecule has 106 valence electrons. The molecule has 1 fully saturated rings. The maximum absolute atomic E-state index is 11.9. The molecule has 1 saturated heterocycles. The van der Waals surface area contributed by atoms with Crippen molar-refractivity contribution in [3.05, 3.63) is 30.1 Å². The molecule has 1 aliphatic heterocycles. The second-order valence-corrected chi connectivity index (χ2v) is 5.24. The summed E-state index contributed by atoms with van der Waals surface area (Å²) < 4.78 is 2.15. The zero-order valence-electron chi connectivity index (χ0n) is 11.7. The molecule has 0 bridgehead atoms. The van der Waals surface area contributed by atoms with Gasteiger partial charge in [0.25, 0.3) is 0 Å². The van der Waals surface area contributed by atoms with Gasteiger partial charge >= 0.3 is 0 Å². The lowest BCUT2D eigenvalue weighted by atomic mass is 10.2. The quantitative estimate of drug-likeness (QED) is 0.879. The van der Waals surface area contributed by atoms with Crippen LogP contribution in [0, 0.1) is 6.92 Å². The van der Waals surface area contributed by atoms with Crippen LogP contribution in [0.15, 0.2) is 24.3 Å². The van der Waals surface area contributed by atoms with E-state index in [0.717, 1.165) is 42.8 Å². The van der Waals surface area contributed by atoms with Gasteiger partial charge in [0.05, 0.1) is 17.1 Å². The molecule has 1 aliphatic rings. The van der Waals surface area contributed by atoms with Crippen molar-refractivity contribution in [3.8, 4) is 0 Å². The minimum absolute atomic E-state index is 0.00405. The molecule has 5 nitrogen and oxygen atoms in total. The summed E-state index contributed by atoms with van der Waals surface area (Å²) >= 11 is 0. The Morgan fingerprint density at radius 2 is 2.35 bits per heavy atom. The molecule has 1 aromatic carbocycles. The molecule has 3 rings (SSSR count). The third-order valence-electron chi connectivity index (χ3n) is 3.86. The molecule has 2 heterocycles. The second kappa shape index (κ2) is 5.63. The van der Waals surface area contributed by atoms with E-state index in [4.69, 9.17) is 0 Å². The summed E-state index contributed by atoms with van der Waals surface area (Å²) in [4.78, 5) is 16.5. The van der Waals surface area contributed by atoms with Crippen LogP contribution in [0.25, 0.3) is 11.0 Å². The summed E-state index contributed by atoms with van der Waals surface area (Å²) in [5.74, 6) is 1.10. The second-order valence-electron chi connectivity index (χ2n) is 5.24. The summed E-state index contributed by atoms with van der Waals surface area (Å²) in [6.07, 6.45) is 2.03. The number of benzene rings is 1. The fourth-order valence-electron chi connectivity index (χ4n) is 2.80. The Balaban J connectivity index is 1.62. The Hall–Kier alpha value is -1.88. The monoisotopic (exact) mass is 272 g/mol. The lowest BCUT2D eigenvalue weighted by Gasteiger charge is -2.12. The van der Waals surface area contributed by atoms with Crippen molar-refractivity contribution in [1.82, 2.24) is 20.2 Å². The van der Waals surface area contributed by atoms with E-state index in [1.807, 2.05) is 25.1 Å². The number of aromatic nitrogens is 2. The predicted octanol–water partition coefficient (Wildman–Crippen LogP) is 1.21. The summed E-state index contributed by atoms with van der Waals surface area (Å²) in [5, 5.41) is 6.21. The summed E-state index contributed by atoms with van der Waals surface area (Å²) in [5.41, 5.74) is 2.13. The molecule has 2 N–H and O–H groups in total. The standard InChI is InChI=1S/C15H20N4O/c1-11-18-12-5-2-3-7-14(12)19(11)10-9-17-15(20)13-6-4-8-16-13/h2-3,5,7,13,16H,4,6,8-10H2,1H3,(H,17,20)/t13-/m0/s1. The Kier molecular flexibility index (Phi) is 3.69. The number of fused-ring (bicyclic) bond motifs is 1. The Labute approximate surface area is 118 Å². The van der Waals surface area contributed by atoms with E-state index in [-0.39, 0.29) is 11.9 Å². The fraction of sp³-hybridized carbons (Fsp3) is 0.467. The van der Waals surface area contributed by atoms with E-state index in [9.17, 15) is 4.79 Å². The highest BCUT2D eigenvalue weighted by Crippen LogP contribution is 2.14. The van der Waals surface area contributed by atoms with Gasteiger partial charge in [-0.2, -0.15) is 0 Å². The van der Waals surface area contributed by atoms with Gasteiger partial charge in [0.1, 0.15) is 5.82 Å². The molecule has 20 heavy (non-hydrogen) atoms. The number of nitrogens with one attached hydrogen (secondary N) is 2. The third-order valence-corrected chi connectivity index (χ3v) is 3.86. The van der Waals surface area contributed by atoms with Gasteiger partial charge in [0.2, 0.25) is 5.91 Å². The predicted molar refractivity (Wildman–Crippen MR) is 78.5 cm³/mol. The average molecular weight is 272 g/mol. The van der Waals surface area contributed by atoms with Gasteiger partial charge in [-0.05, 0) is 38.4 Å². The van der Waals surface area contributed by atoms with Crippen molar-refractivity contribution < 1.29 is 4.79 Å². The average Bonchev–Trinajstić information content (AvgIpc) is 3.07. The number of rotatable bonds is 4.